The van der Waals surface area contributed by atoms with Gasteiger partial charge in [0.15, 0.2) is 5.82 Å². The molecule has 0 unspecified atom stereocenters. The second-order valence-corrected chi connectivity index (χ2v) is 4.11. The van der Waals surface area contributed by atoms with E-state index in [0.717, 1.165) is 12.8 Å². The number of nitrogens with one attached hydrogen (secondary N) is 1. The fourth-order valence-corrected chi connectivity index (χ4v) is 1.38. The fraction of sp³-hybridized carbons (Fsp3) is 0.636. The quantitative estimate of drug-likeness (QED) is 0.772. The van der Waals surface area contributed by atoms with Crippen molar-refractivity contribution in [2.45, 2.75) is 32.2 Å². The first-order valence-corrected chi connectivity index (χ1v) is 5.57. The van der Waals surface area contributed by atoms with Crippen LogP contribution in [0.1, 0.15) is 26.7 Å². The van der Waals surface area contributed by atoms with Crippen molar-refractivity contribution in [1.82, 2.24) is 9.55 Å². The topological polar surface area (TPSA) is 72.9 Å². The van der Waals surface area contributed by atoms with Gasteiger partial charge in [-0.2, -0.15) is 0 Å². The van der Waals surface area contributed by atoms with E-state index in [1.807, 2.05) is 13.8 Å². The minimum Gasteiger partial charge on any atom is -0.364 e. The highest BCUT2D eigenvalue weighted by atomic mass is 16.1. The van der Waals surface area contributed by atoms with Gasteiger partial charge < -0.3 is 15.6 Å². The average Bonchev–Trinajstić information content (AvgIpc) is 2.31. The van der Waals surface area contributed by atoms with E-state index in [-0.39, 0.29) is 11.1 Å². The molecule has 1 heterocycles. The lowest BCUT2D eigenvalue weighted by Crippen LogP contribution is -2.45. The van der Waals surface area contributed by atoms with Gasteiger partial charge in [-0.05, 0) is 12.8 Å². The summed E-state index contributed by atoms with van der Waals surface area (Å²) in [6.07, 6.45) is 4.95. The predicted molar refractivity (Wildman–Crippen MR) is 65.5 cm³/mol. The Labute approximate surface area is 95.7 Å². The maximum Gasteiger partial charge on any atom is 0.293 e. The fourth-order valence-electron chi connectivity index (χ4n) is 1.38. The molecule has 1 aromatic heterocycles. The Morgan fingerprint density at radius 3 is 2.69 bits per heavy atom. The third-order valence-electron chi connectivity index (χ3n) is 3.03. The summed E-state index contributed by atoms with van der Waals surface area (Å²) in [6, 6.07) is 0. The highest BCUT2D eigenvalue weighted by molar-refractivity contribution is 5.31. The standard InChI is InChI=1S/C11H20N4O/c1-4-11(12,5-2)8-14-9-10(16)15(3)7-6-13-9/h6-7H,4-5,8,12H2,1-3H3,(H,13,14). The molecule has 0 aliphatic carbocycles. The number of hydrogen-bond acceptors (Lipinski definition) is 4. The molecule has 0 aromatic carbocycles. The zero-order valence-electron chi connectivity index (χ0n) is 10.2. The minimum absolute atomic E-state index is 0.128. The van der Waals surface area contributed by atoms with Crippen LogP contribution < -0.4 is 16.6 Å². The van der Waals surface area contributed by atoms with Gasteiger partial charge in [-0.3, -0.25) is 4.79 Å². The van der Waals surface area contributed by atoms with Crippen LogP contribution >= 0.6 is 0 Å². The molecule has 0 radical (unpaired) electrons. The van der Waals surface area contributed by atoms with E-state index in [1.165, 1.54) is 4.57 Å². The van der Waals surface area contributed by atoms with Crippen LogP contribution in [0.5, 0.6) is 0 Å². The Morgan fingerprint density at radius 1 is 1.50 bits per heavy atom. The third kappa shape index (κ3) is 2.82. The van der Waals surface area contributed by atoms with Crippen molar-refractivity contribution < 1.29 is 0 Å². The van der Waals surface area contributed by atoms with E-state index in [1.54, 1.807) is 19.4 Å². The van der Waals surface area contributed by atoms with Gasteiger partial charge in [-0.1, -0.05) is 13.8 Å². The van der Waals surface area contributed by atoms with Gasteiger partial charge in [0.05, 0.1) is 0 Å². The average molecular weight is 224 g/mol. The smallest absolute Gasteiger partial charge is 0.293 e. The Hall–Kier alpha value is -1.36. The Morgan fingerprint density at radius 2 is 2.12 bits per heavy atom. The van der Waals surface area contributed by atoms with Crippen LogP contribution in [-0.4, -0.2) is 21.6 Å². The minimum atomic E-state index is -0.275. The van der Waals surface area contributed by atoms with Crippen LogP contribution in [0, 0.1) is 0 Å². The molecule has 0 saturated carbocycles. The molecule has 0 amide bonds. The summed E-state index contributed by atoms with van der Waals surface area (Å²) in [4.78, 5) is 15.7. The zero-order chi connectivity index (χ0) is 12.2. The lowest BCUT2D eigenvalue weighted by molar-refractivity contribution is 0.417. The second-order valence-electron chi connectivity index (χ2n) is 4.11. The number of aromatic nitrogens is 2. The van der Waals surface area contributed by atoms with Crippen molar-refractivity contribution in [2.24, 2.45) is 12.8 Å². The van der Waals surface area contributed by atoms with Crippen LogP contribution in [0.4, 0.5) is 5.82 Å². The molecular weight excluding hydrogens is 204 g/mol. The monoisotopic (exact) mass is 224 g/mol. The van der Waals surface area contributed by atoms with E-state index in [9.17, 15) is 4.79 Å². The van der Waals surface area contributed by atoms with Crippen molar-refractivity contribution in [3.8, 4) is 0 Å². The van der Waals surface area contributed by atoms with Crippen LogP contribution in [0.2, 0.25) is 0 Å². The number of nitrogens with zero attached hydrogens (tertiary/aromatic N) is 2. The van der Waals surface area contributed by atoms with Crippen LogP contribution in [0.3, 0.4) is 0 Å². The van der Waals surface area contributed by atoms with Gasteiger partial charge in [-0.15, -0.1) is 0 Å². The Bertz CT molecular complexity index is 395. The van der Waals surface area contributed by atoms with Crippen molar-refractivity contribution in [1.29, 1.82) is 0 Å². The van der Waals surface area contributed by atoms with Crippen molar-refractivity contribution >= 4 is 5.82 Å². The molecule has 1 aromatic rings. The number of aryl methyl sites for hydroxylation is 1. The highest BCUT2D eigenvalue weighted by Gasteiger charge is 2.20. The molecule has 16 heavy (non-hydrogen) atoms. The molecular formula is C11H20N4O. The van der Waals surface area contributed by atoms with Crippen LogP contribution in [-0.2, 0) is 7.05 Å². The summed E-state index contributed by atoms with van der Waals surface area (Å²) in [5, 5.41) is 3.03. The Kier molecular flexibility index (Phi) is 4.06. The van der Waals surface area contributed by atoms with Gasteiger partial charge >= 0.3 is 0 Å². The van der Waals surface area contributed by atoms with Crippen molar-refractivity contribution in [3.63, 3.8) is 0 Å². The Balaban J connectivity index is 2.75. The first-order valence-electron chi connectivity index (χ1n) is 5.57. The molecule has 0 fully saturated rings. The second kappa shape index (κ2) is 5.12. The predicted octanol–water partition coefficient (Wildman–Crippen LogP) is 0.710. The molecule has 0 atom stereocenters. The van der Waals surface area contributed by atoms with Crippen LogP contribution in [0.15, 0.2) is 17.2 Å². The molecule has 5 nitrogen and oxygen atoms in total. The lowest BCUT2D eigenvalue weighted by Gasteiger charge is -2.26. The zero-order valence-corrected chi connectivity index (χ0v) is 10.2. The summed E-state index contributed by atoms with van der Waals surface area (Å²) in [7, 11) is 1.70. The van der Waals surface area contributed by atoms with Gasteiger partial charge in [0, 0.05) is 31.5 Å². The SMILES string of the molecule is CCC(N)(CC)CNc1nccn(C)c1=O. The van der Waals surface area contributed by atoms with E-state index in [0.29, 0.717) is 12.4 Å². The lowest BCUT2D eigenvalue weighted by atomic mass is 9.94. The molecule has 3 N–H and O–H groups in total. The third-order valence-corrected chi connectivity index (χ3v) is 3.03. The molecule has 0 aliphatic heterocycles. The first-order chi connectivity index (χ1) is 7.52. The molecule has 0 bridgehead atoms. The number of nitrogens with two attached hydrogens (primary N) is 1. The van der Waals surface area contributed by atoms with E-state index in [4.69, 9.17) is 5.73 Å². The molecule has 0 saturated heterocycles. The maximum atomic E-state index is 11.7. The number of hydrogen-bond donors (Lipinski definition) is 2. The molecule has 0 spiro atoms. The number of anilines is 1. The van der Waals surface area contributed by atoms with Gasteiger partial charge in [0.2, 0.25) is 0 Å². The van der Waals surface area contributed by atoms with Crippen molar-refractivity contribution in [2.75, 3.05) is 11.9 Å². The van der Waals surface area contributed by atoms with E-state index in [2.05, 4.69) is 10.3 Å². The highest BCUT2D eigenvalue weighted by Crippen LogP contribution is 2.11. The van der Waals surface area contributed by atoms with Gasteiger partial charge in [0.25, 0.3) is 5.56 Å². The molecule has 0 aliphatic rings. The molecule has 5 heteroatoms. The maximum absolute atomic E-state index is 11.7. The number of rotatable bonds is 5. The van der Waals surface area contributed by atoms with Gasteiger partial charge in [-0.25, -0.2) is 4.98 Å². The summed E-state index contributed by atoms with van der Waals surface area (Å²) in [6.45, 7) is 4.65. The summed E-state index contributed by atoms with van der Waals surface area (Å²) >= 11 is 0. The van der Waals surface area contributed by atoms with Crippen molar-refractivity contribution in [3.05, 3.63) is 22.7 Å². The van der Waals surface area contributed by atoms with E-state index < -0.39 is 0 Å². The van der Waals surface area contributed by atoms with E-state index >= 15 is 0 Å². The largest absolute Gasteiger partial charge is 0.364 e. The summed E-state index contributed by atoms with van der Waals surface area (Å²) < 4.78 is 1.49. The van der Waals surface area contributed by atoms with Crippen LogP contribution in [0.25, 0.3) is 0 Å². The molecule has 1 rings (SSSR count). The normalized spacial score (nSPS) is 11.5. The van der Waals surface area contributed by atoms with Gasteiger partial charge in [0.1, 0.15) is 0 Å². The first kappa shape index (κ1) is 12.7. The molecule has 90 valence electrons. The summed E-state index contributed by atoms with van der Waals surface area (Å²) in [5.41, 5.74) is 5.73. The summed E-state index contributed by atoms with van der Waals surface area (Å²) in [5.74, 6) is 0.363.